The third kappa shape index (κ3) is 3.48. The topological polar surface area (TPSA) is 0 Å². The molecule has 0 spiro atoms. The van der Waals surface area contributed by atoms with Crippen LogP contribution in [0.2, 0.25) is 0 Å². The summed E-state index contributed by atoms with van der Waals surface area (Å²) in [6, 6.07) is 8.96. The predicted molar refractivity (Wildman–Crippen MR) is 75.6 cm³/mol. The SMILES string of the molecule is CCCc1ccc(C(Cl)C2CCCCC2)cc1. The van der Waals surface area contributed by atoms with Crippen molar-refractivity contribution < 1.29 is 0 Å². The zero-order valence-electron chi connectivity index (χ0n) is 10.8. The van der Waals surface area contributed by atoms with Crippen LogP contribution < -0.4 is 0 Å². The van der Waals surface area contributed by atoms with E-state index in [-0.39, 0.29) is 5.38 Å². The highest BCUT2D eigenvalue weighted by Gasteiger charge is 2.22. The third-order valence-corrected chi connectivity index (χ3v) is 4.51. The Kier molecular flexibility index (Phi) is 4.91. The van der Waals surface area contributed by atoms with Gasteiger partial charge in [-0.15, -0.1) is 11.6 Å². The number of rotatable bonds is 4. The Hall–Kier alpha value is -0.490. The van der Waals surface area contributed by atoms with Crippen molar-refractivity contribution in [1.82, 2.24) is 0 Å². The number of benzene rings is 1. The van der Waals surface area contributed by atoms with Crippen LogP contribution in [-0.2, 0) is 6.42 Å². The minimum atomic E-state index is 0.228. The number of alkyl halides is 1. The molecule has 0 aliphatic heterocycles. The van der Waals surface area contributed by atoms with E-state index in [1.165, 1.54) is 56.1 Å². The zero-order valence-corrected chi connectivity index (χ0v) is 11.5. The molecule has 1 aromatic rings. The first-order chi connectivity index (χ1) is 8.31. The Morgan fingerprint density at radius 1 is 1.12 bits per heavy atom. The number of hydrogen-bond donors (Lipinski definition) is 0. The fourth-order valence-corrected chi connectivity index (χ4v) is 3.25. The molecule has 0 amide bonds. The second-order valence-electron chi connectivity index (χ2n) is 5.29. The molecule has 0 bridgehead atoms. The van der Waals surface area contributed by atoms with Crippen LogP contribution in [0.4, 0.5) is 0 Å². The van der Waals surface area contributed by atoms with Crippen molar-refractivity contribution in [2.75, 3.05) is 0 Å². The van der Waals surface area contributed by atoms with Gasteiger partial charge in [-0.05, 0) is 36.3 Å². The van der Waals surface area contributed by atoms with Gasteiger partial charge in [-0.2, -0.15) is 0 Å². The molecule has 0 aromatic heterocycles. The van der Waals surface area contributed by atoms with Crippen LogP contribution in [0, 0.1) is 5.92 Å². The van der Waals surface area contributed by atoms with E-state index in [0.29, 0.717) is 5.92 Å². The highest BCUT2D eigenvalue weighted by atomic mass is 35.5. The molecule has 0 saturated heterocycles. The molecule has 1 heteroatoms. The largest absolute Gasteiger partial charge is 0.118 e. The lowest BCUT2D eigenvalue weighted by molar-refractivity contribution is 0.348. The summed E-state index contributed by atoms with van der Waals surface area (Å²) < 4.78 is 0. The first-order valence-electron chi connectivity index (χ1n) is 7.04. The van der Waals surface area contributed by atoms with E-state index in [4.69, 9.17) is 11.6 Å². The smallest absolute Gasteiger partial charge is 0.0613 e. The van der Waals surface area contributed by atoms with Gasteiger partial charge in [0.15, 0.2) is 0 Å². The van der Waals surface area contributed by atoms with Crippen LogP contribution in [0.3, 0.4) is 0 Å². The van der Waals surface area contributed by atoms with Gasteiger partial charge >= 0.3 is 0 Å². The maximum Gasteiger partial charge on any atom is 0.0613 e. The Morgan fingerprint density at radius 3 is 2.35 bits per heavy atom. The monoisotopic (exact) mass is 250 g/mol. The Balaban J connectivity index is 2.00. The first kappa shape index (κ1) is 13.0. The van der Waals surface area contributed by atoms with E-state index in [0.717, 1.165) is 0 Å². The van der Waals surface area contributed by atoms with Gasteiger partial charge in [0.25, 0.3) is 0 Å². The van der Waals surface area contributed by atoms with Crippen molar-refractivity contribution in [2.24, 2.45) is 5.92 Å². The van der Waals surface area contributed by atoms with E-state index < -0.39 is 0 Å². The molecule has 1 unspecified atom stereocenters. The molecule has 94 valence electrons. The van der Waals surface area contributed by atoms with E-state index in [1.807, 2.05) is 0 Å². The van der Waals surface area contributed by atoms with Gasteiger partial charge in [0.1, 0.15) is 0 Å². The number of hydrogen-bond acceptors (Lipinski definition) is 0. The van der Waals surface area contributed by atoms with Crippen molar-refractivity contribution in [3.05, 3.63) is 35.4 Å². The van der Waals surface area contributed by atoms with Crippen LogP contribution >= 0.6 is 11.6 Å². The van der Waals surface area contributed by atoms with Gasteiger partial charge in [-0.3, -0.25) is 0 Å². The predicted octanol–water partition coefficient (Wildman–Crippen LogP) is 5.50. The van der Waals surface area contributed by atoms with Crippen LogP contribution in [0.15, 0.2) is 24.3 Å². The highest BCUT2D eigenvalue weighted by molar-refractivity contribution is 6.21. The van der Waals surface area contributed by atoms with Gasteiger partial charge in [0.2, 0.25) is 0 Å². The molecule has 1 atom stereocenters. The van der Waals surface area contributed by atoms with Crippen LogP contribution in [0.5, 0.6) is 0 Å². The quantitative estimate of drug-likeness (QED) is 0.619. The lowest BCUT2D eigenvalue weighted by Gasteiger charge is -2.26. The summed E-state index contributed by atoms with van der Waals surface area (Å²) in [5, 5.41) is 0.228. The lowest BCUT2D eigenvalue weighted by atomic mass is 9.84. The fourth-order valence-electron chi connectivity index (χ4n) is 2.86. The minimum absolute atomic E-state index is 0.228. The Labute approximate surface area is 110 Å². The maximum absolute atomic E-state index is 6.61. The van der Waals surface area contributed by atoms with Crippen LogP contribution in [-0.4, -0.2) is 0 Å². The highest BCUT2D eigenvalue weighted by Crippen LogP contribution is 2.38. The summed E-state index contributed by atoms with van der Waals surface area (Å²) in [5.41, 5.74) is 2.75. The Bertz CT molecular complexity index is 322. The molecule has 1 saturated carbocycles. The van der Waals surface area contributed by atoms with Gasteiger partial charge in [-0.1, -0.05) is 56.9 Å². The molecule has 1 aromatic carbocycles. The summed E-state index contributed by atoms with van der Waals surface area (Å²) in [6.07, 6.45) is 9.14. The zero-order chi connectivity index (χ0) is 12.1. The van der Waals surface area contributed by atoms with Crippen LogP contribution in [0.25, 0.3) is 0 Å². The summed E-state index contributed by atoms with van der Waals surface area (Å²) >= 11 is 6.61. The lowest BCUT2D eigenvalue weighted by Crippen LogP contribution is -2.12. The second kappa shape index (κ2) is 6.44. The average Bonchev–Trinajstić information content (AvgIpc) is 2.40. The molecular weight excluding hydrogens is 228 g/mol. The van der Waals surface area contributed by atoms with Gasteiger partial charge in [-0.25, -0.2) is 0 Å². The second-order valence-corrected chi connectivity index (χ2v) is 5.76. The minimum Gasteiger partial charge on any atom is -0.118 e. The number of halogens is 1. The van der Waals surface area contributed by atoms with Crippen molar-refractivity contribution in [1.29, 1.82) is 0 Å². The normalized spacial score (nSPS) is 19.2. The summed E-state index contributed by atoms with van der Waals surface area (Å²) in [4.78, 5) is 0. The van der Waals surface area contributed by atoms with Crippen molar-refractivity contribution in [3.8, 4) is 0 Å². The molecule has 1 fully saturated rings. The fraction of sp³-hybridized carbons (Fsp3) is 0.625. The first-order valence-corrected chi connectivity index (χ1v) is 7.48. The third-order valence-electron chi connectivity index (χ3n) is 3.90. The van der Waals surface area contributed by atoms with Gasteiger partial charge < -0.3 is 0 Å². The summed E-state index contributed by atoms with van der Waals surface area (Å²) in [6.45, 7) is 2.22. The van der Waals surface area contributed by atoms with Crippen molar-refractivity contribution >= 4 is 11.6 Å². The molecule has 17 heavy (non-hydrogen) atoms. The summed E-state index contributed by atoms with van der Waals surface area (Å²) in [7, 11) is 0. The molecule has 1 aliphatic carbocycles. The van der Waals surface area contributed by atoms with Crippen LogP contribution in [0.1, 0.15) is 62.0 Å². The molecular formula is C16H23Cl. The standard InChI is InChI=1S/C16H23Cl/c1-2-6-13-9-11-15(12-10-13)16(17)14-7-4-3-5-8-14/h9-12,14,16H,2-8H2,1H3. The van der Waals surface area contributed by atoms with E-state index in [9.17, 15) is 0 Å². The number of aryl methyl sites for hydroxylation is 1. The van der Waals surface area contributed by atoms with E-state index >= 15 is 0 Å². The average molecular weight is 251 g/mol. The van der Waals surface area contributed by atoms with Crippen molar-refractivity contribution in [3.63, 3.8) is 0 Å². The molecule has 0 N–H and O–H groups in total. The van der Waals surface area contributed by atoms with Gasteiger partial charge in [0.05, 0.1) is 5.38 Å². The molecule has 0 radical (unpaired) electrons. The molecule has 1 aliphatic rings. The molecule has 0 nitrogen and oxygen atoms in total. The van der Waals surface area contributed by atoms with Gasteiger partial charge in [0, 0.05) is 0 Å². The molecule has 0 heterocycles. The van der Waals surface area contributed by atoms with Crippen molar-refractivity contribution in [2.45, 2.75) is 57.2 Å². The summed E-state index contributed by atoms with van der Waals surface area (Å²) in [5.74, 6) is 0.697. The Morgan fingerprint density at radius 2 is 1.76 bits per heavy atom. The van der Waals surface area contributed by atoms with E-state index in [1.54, 1.807) is 0 Å². The maximum atomic E-state index is 6.61. The molecule has 2 rings (SSSR count). The van der Waals surface area contributed by atoms with E-state index in [2.05, 4.69) is 31.2 Å².